The molecule has 0 saturated heterocycles. The molecule has 0 amide bonds. The number of hydrogen-bond donors (Lipinski definition) is 1. The lowest BCUT2D eigenvalue weighted by Gasteiger charge is -2.05. The zero-order chi connectivity index (χ0) is 9.52. The molecule has 1 nitrogen and oxygen atoms in total. The SMILES string of the molecule is CCCNC(=S)Cc1ccccc1. The highest BCUT2D eigenvalue weighted by Gasteiger charge is 1.96. The second-order valence-corrected chi connectivity index (χ2v) is 3.51. The van der Waals surface area contributed by atoms with Crippen molar-refractivity contribution >= 4 is 17.2 Å². The molecule has 0 aliphatic rings. The van der Waals surface area contributed by atoms with E-state index >= 15 is 0 Å². The largest absolute Gasteiger partial charge is 0.379 e. The molecule has 0 aromatic heterocycles. The zero-order valence-electron chi connectivity index (χ0n) is 7.92. The van der Waals surface area contributed by atoms with Crippen molar-refractivity contribution in [2.75, 3.05) is 6.54 Å². The van der Waals surface area contributed by atoms with Gasteiger partial charge >= 0.3 is 0 Å². The average molecular weight is 193 g/mol. The summed E-state index contributed by atoms with van der Waals surface area (Å²) < 4.78 is 0. The first kappa shape index (κ1) is 10.2. The van der Waals surface area contributed by atoms with Gasteiger partial charge in [-0.2, -0.15) is 0 Å². The van der Waals surface area contributed by atoms with Crippen LogP contribution in [0, 0.1) is 0 Å². The maximum Gasteiger partial charge on any atom is 0.0797 e. The van der Waals surface area contributed by atoms with Crippen molar-refractivity contribution in [2.45, 2.75) is 19.8 Å². The lowest BCUT2D eigenvalue weighted by Crippen LogP contribution is -2.23. The lowest BCUT2D eigenvalue weighted by atomic mass is 10.1. The molecule has 1 N–H and O–H groups in total. The van der Waals surface area contributed by atoms with E-state index in [9.17, 15) is 0 Å². The zero-order valence-corrected chi connectivity index (χ0v) is 8.73. The van der Waals surface area contributed by atoms with E-state index in [0.29, 0.717) is 0 Å². The van der Waals surface area contributed by atoms with Crippen LogP contribution >= 0.6 is 12.2 Å². The van der Waals surface area contributed by atoms with E-state index in [2.05, 4.69) is 24.4 Å². The molecule has 1 aromatic rings. The van der Waals surface area contributed by atoms with Crippen LogP contribution in [0.5, 0.6) is 0 Å². The average Bonchev–Trinajstić information content (AvgIpc) is 2.16. The molecule has 0 aliphatic carbocycles. The van der Waals surface area contributed by atoms with E-state index in [0.717, 1.165) is 24.4 Å². The molecule has 0 unspecified atom stereocenters. The van der Waals surface area contributed by atoms with Gasteiger partial charge in [-0.3, -0.25) is 0 Å². The van der Waals surface area contributed by atoms with Gasteiger partial charge in [0.2, 0.25) is 0 Å². The summed E-state index contributed by atoms with van der Waals surface area (Å²) >= 11 is 5.19. The van der Waals surface area contributed by atoms with Crippen LogP contribution in [-0.4, -0.2) is 11.5 Å². The molecule has 0 heterocycles. The van der Waals surface area contributed by atoms with Gasteiger partial charge in [0.1, 0.15) is 0 Å². The van der Waals surface area contributed by atoms with Crippen molar-refractivity contribution in [3.8, 4) is 0 Å². The molecule has 70 valence electrons. The fourth-order valence-electron chi connectivity index (χ4n) is 1.11. The minimum atomic E-state index is 0.857. The van der Waals surface area contributed by atoms with Crippen molar-refractivity contribution in [3.63, 3.8) is 0 Å². The van der Waals surface area contributed by atoms with Gasteiger partial charge < -0.3 is 5.32 Å². The van der Waals surface area contributed by atoms with Crippen molar-refractivity contribution in [1.82, 2.24) is 5.32 Å². The van der Waals surface area contributed by atoms with Gasteiger partial charge in [0.15, 0.2) is 0 Å². The Morgan fingerprint density at radius 3 is 2.62 bits per heavy atom. The van der Waals surface area contributed by atoms with E-state index in [1.807, 2.05) is 18.2 Å². The Hall–Kier alpha value is -0.890. The molecule has 0 aliphatic heterocycles. The molecule has 0 fully saturated rings. The Bertz CT molecular complexity index is 256. The summed E-state index contributed by atoms with van der Waals surface area (Å²) in [5.74, 6) is 0. The Balaban J connectivity index is 2.37. The quantitative estimate of drug-likeness (QED) is 0.738. The van der Waals surface area contributed by atoms with Crippen LogP contribution in [0.4, 0.5) is 0 Å². The van der Waals surface area contributed by atoms with Crippen molar-refractivity contribution in [3.05, 3.63) is 35.9 Å². The van der Waals surface area contributed by atoms with Crippen LogP contribution < -0.4 is 5.32 Å². The summed E-state index contributed by atoms with van der Waals surface area (Å²) in [5, 5.41) is 3.21. The number of nitrogens with one attached hydrogen (secondary N) is 1. The monoisotopic (exact) mass is 193 g/mol. The molecule has 0 atom stereocenters. The Labute approximate surface area is 85.2 Å². The molecule has 0 radical (unpaired) electrons. The fourth-order valence-corrected chi connectivity index (χ4v) is 1.38. The first-order valence-corrected chi connectivity index (χ1v) is 5.04. The van der Waals surface area contributed by atoms with Gasteiger partial charge in [-0.15, -0.1) is 0 Å². The van der Waals surface area contributed by atoms with Gasteiger partial charge in [-0.1, -0.05) is 49.5 Å². The molecule has 0 spiro atoms. The topological polar surface area (TPSA) is 12.0 Å². The predicted octanol–water partition coefficient (Wildman–Crippen LogP) is 2.56. The second-order valence-electron chi connectivity index (χ2n) is 3.01. The van der Waals surface area contributed by atoms with Gasteiger partial charge in [0, 0.05) is 13.0 Å². The smallest absolute Gasteiger partial charge is 0.0797 e. The minimum Gasteiger partial charge on any atom is -0.379 e. The van der Waals surface area contributed by atoms with E-state index in [1.165, 1.54) is 5.56 Å². The first-order chi connectivity index (χ1) is 6.33. The molecular weight excluding hydrogens is 178 g/mol. The number of benzene rings is 1. The predicted molar refractivity (Wildman–Crippen MR) is 61.0 cm³/mol. The Kier molecular flexibility index (Phi) is 4.47. The molecule has 13 heavy (non-hydrogen) atoms. The third kappa shape index (κ3) is 4.04. The maximum absolute atomic E-state index is 5.19. The second kappa shape index (κ2) is 5.70. The summed E-state index contributed by atoms with van der Waals surface area (Å²) in [4.78, 5) is 0.938. The van der Waals surface area contributed by atoms with Crippen LogP contribution in [0.15, 0.2) is 30.3 Å². The summed E-state index contributed by atoms with van der Waals surface area (Å²) in [6, 6.07) is 10.3. The lowest BCUT2D eigenvalue weighted by molar-refractivity contribution is 0.839. The van der Waals surface area contributed by atoms with Gasteiger partial charge in [-0.05, 0) is 12.0 Å². The Morgan fingerprint density at radius 2 is 2.00 bits per heavy atom. The fraction of sp³-hybridized carbons (Fsp3) is 0.364. The highest BCUT2D eigenvalue weighted by molar-refractivity contribution is 7.80. The highest BCUT2D eigenvalue weighted by Crippen LogP contribution is 1.99. The molecule has 0 saturated carbocycles. The van der Waals surface area contributed by atoms with Crippen LogP contribution in [0.2, 0.25) is 0 Å². The highest BCUT2D eigenvalue weighted by atomic mass is 32.1. The molecule has 1 rings (SSSR count). The van der Waals surface area contributed by atoms with Crippen LogP contribution in [-0.2, 0) is 6.42 Å². The van der Waals surface area contributed by atoms with E-state index in [-0.39, 0.29) is 0 Å². The Morgan fingerprint density at radius 1 is 1.31 bits per heavy atom. The molecule has 2 heteroatoms. The van der Waals surface area contributed by atoms with E-state index in [1.54, 1.807) is 0 Å². The van der Waals surface area contributed by atoms with Gasteiger partial charge in [0.25, 0.3) is 0 Å². The third-order valence-corrected chi connectivity index (χ3v) is 2.07. The summed E-state index contributed by atoms with van der Waals surface area (Å²) in [6.45, 7) is 3.11. The number of hydrogen-bond acceptors (Lipinski definition) is 1. The van der Waals surface area contributed by atoms with Crippen molar-refractivity contribution < 1.29 is 0 Å². The van der Waals surface area contributed by atoms with E-state index < -0.39 is 0 Å². The van der Waals surface area contributed by atoms with Crippen molar-refractivity contribution in [1.29, 1.82) is 0 Å². The van der Waals surface area contributed by atoms with Crippen molar-refractivity contribution in [2.24, 2.45) is 0 Å². The van der Waals surface area contributed by atoms with Gasteiger partial charge in [-0.25, -0.2) is 0 Å². The van der Waals surface area contributed by atoms with Crippen LogP contribution in [0.25, 0.3) is 0 Å². The van der Waals surface area contributed by atoms with Crippen LogP contribution in [0.1, 0.15) is 18.9 Å². The minimum absolute atomic E-state index is 0.857. The maximum atomic E-state index is 5.19. The molecule has 0 bridgehead atoms. The molecule has 1 aromatic carbocycles. The first-order valence-electron chi connectivity index (χ1n) is 4.63. The van der Waals surface area contributed by atoms with Crippen LogP contribution in [0.3, 0.4) is 0 Å². The standard InChI is InChI=1S/C11H15NS/c1-2-8-12-11(13)9-10-6-4-3-5-7-10/h3-7H,2,8-9H2,1H3,(H,12,13). The van der Waals surface area contributed by atoms with E-state index in [4.69, 9.17) is 12.2 Å². The molecular formula is C11H15NS. The normalized spacial score (nSPS) is 9.62. The number of thiocarbonyl (C=S) groups is 1. The number of rotatable bonds is 4. The summed E-state index contributed by atoms with van der Waals surface area (Å²) in [7, 11) is 0. The van der Waals surface area contributed by atoms with Gasteiger partial charge in [0.05, 0.1) is 4.99 Å². The summed E-state index contributed by atoms with van der Waals surface area (Å²) in [6.07, 6.45) is 1.98. The summed E-state index contributed by atoms with van der Waals surface area (Å²) in [5.41, 5.74) is 1.27. The third-order valence-electron chi connectivity index (χ3n) is 1.78.